The summed E-state index contributed by atoms with van der Waals surface area (Å²) in [6.45, 7) is 0.893. The number of nitrogens with zero attached hydrogens (tertiary/aromatic N) is 4. The summed E-state index contributed by atoms with van der Waals surface area (Å²) >= 11 is 0. The van der Waals surface area contributed by atoms with E-state index in [2.05, 4.69) is 9.97 Å². The average Bonchev–Trinajstić information content (AvgIpc) is 3.36. The van der Waals surface area contributed by atoms with Crippen LogP contribution < -0.4 is 5.73 Å². The summed E-state index contributed by atoms with van der Waals surface area (Å²) in [5.74, 6) is -0.0609. The van der Waals surface area contributed by atoms with Crippen molar-refractivity contribution in [2.24, 2.45) is 10.8 Å². The van der Waals surface area contributed by atoms with Crippen molar-refractivity contribution in [3.05, 3.63) is 96.1 Å². The van der Waals surface area contributed by atoms with Crippen molar-refractivity contribution in [3.63, 3.8) is 0 Å². The number of carbonyl (C=O) groups is 1. The van der Waals surface area contributed by atoms with Gasteiger partial charge >= 0.3 is 0 Å². The van der Waals surface area contributed by atoms with E-state index in [0.717, 1.165) is 5.56 Å². The number of aromatic nitrogens is 2. The van der Waals surface area contributed by atoms with Gasteiger partial charge in [-0.15, -0.1) is 5.10 Å². The van der Waals surface area contributed by atoms with Gasteiger partial charge in [0.25, 0.3) is 5.91 Å². The lowest BCUT2D eigenvalue weighted by molar-refractivity contribution is -0.178. The predicted octanol–water partition coefficient (Wildman–Crippen LogP) is 3.56. The van der Waals surface area contributed by atoms with Crippen molar-refractivity contribution in [1.29, 1.82) is 0 Å². The molecule has 2 N–H and O–H groups in total. The standard InChI is InChI=1S/C28H33N5O4/c1-35-19-9-14-27(36-2,24-13-7-18-31-21-24)26(34)33-28(15-8-16-29,23-11-4-3-5-12-23)37-25(32-33)22-10-6-17-30-20-22/h3-7,10-13,17-18,20-21H,8-9,14-16,19,29H2,1-2H3/t27-,28-/m0/s1. The quantitative estimate of drug-likeness (QED) is 0.376. The Hall–Kier alpha value is -3.66. The fraction of sp³-hybridized carbons (Fsp3) is 0.357. The van der Waals surface area contributed by atoms with Gasteiger partial charge in [-0.25, -0.2) is 0 Å². The number of hydrogen-bond acceptors (Lipinski definition) is 8. The molecule has 4 rings (SSSR count). The second-order valence-electron chi connectivity index (χ2n) is 8.78. The molecule has 2 atom stereocenters. The fourth-order valence-corrected chi connectivity index (χ4v) is 4.65. The molecule has 9 heteroatoms. The molecule has 37 heavy (non-hydrogen) atoms. The van der Waals surface area contributed by atoms with E-state index in [-0.39, 0.29) is 5.91 Å². The molecule has 3 heterocycles. The highest BCUT2D eigenvalue weighted by atomic mass is 16.6. The molecule has 1 aliphatic heterocycles. The van der Waals surface area contributed by atoms with Crippen LogP contribution in [0.1, 0.15) is 42.4 Å². The van der Waals surface area contributed by atoms with E-state index in [1.165, 1.54) is 12.1 Å². The van der Waals surface area contributed by atoms with Gasteiger partial charge in [-0.2, -0.15) is 5.01 Å². The molecule has 0 bridgehead atoms. The topological polar surface area (TPSA) is 112 Å². The molecule has 3 aromatic rings. The molecule has 0 saturated carbocycles. The maximum atomic E-state index is 14.7. The first-order valence-electron chi connectivity index (χ1n) is 12.3. The van der Waals surface area contributed by atoms with E-state index >= 15 is 0 Å². The molecule has 0 unspecified atom stereocenters. The van der Waals surface area contributed by atoms with E-state index < -0.39 is 11.3 Å². The molecule has 0 radical (unpaired) electrons. The Balaban J connectivity index is 1.89. The van der Waals surface area contributed by atoms with E-state index in [0.29, 0.717) is 55.9 Å². The lowest BCUT2D eigenvalue weighted by Gasteiger charge is -2.40. The number of nitrogens with two attached hydrogens (primary N) is 1. The third-order valence-corrected chi connectivity index (χ3v) is 6.54. The first kappa shape index (κ1) is 26.4. The van der Waals surface area contributed by atoms with E-state index in [1.807, 2.05) is 42.5 Å². The highest BCUT2D eigenvalue weighted by molar-refractivity contribution is 5.98. The normalized spacial score (nSPS) is 18.7. The van der Waals surface area contributed by atoms with Crippen LogP contribution in [-0.2, 0) is 30.3 Å². The second-order valence-corrected chi connectivity index (χ2v) is 8.78. The highest BCUT2D eigenvalue weighted by Crippen LogP contribution is 2.44. The van der Waals surface area contributed by atoms with Gasteiger partial charge in [-0.3, -0.25) is 14.8 Å². The summed E-state index contributed by atoms with van der Waals surface area (Å²) in [6, 6.07) is 16.9. The molecular weight excluding hydrogens is 470 g/mol. The van der Waals surface area contributed by atoms with Gasteiger partial charge in [0.05, 0.1) is 5.56 Å². The number of rotatable bonds is 12. The molecule has 9 nitrogen and oxygen atoms in total. The minimum absolute atomic E-state index is 0.301. The lowest BCUT2D eigenvalue weighted by atomic mass is 9.86. The van der Waals surface area contributed by atoms with Crippen molar-refractivity contribution >= 4 is 11.8 Å². The summed E-state index contributed by atoms with van der Waals surface area (Å²) in [5.41, 5.74) is 5.42. The Morgan fingerprint density at radius 1 is 1.03 bits per heavy atom. The minimum atomic E-state index is -1.37. The van der Waals surface area contributed by atoms with Gasteiger partial charge in [0, 0.05) is 63.2 Å². The summed E-state index contributed by atoms with van der Waals surface area (Å²) in [6.07, 6.45) is 8.63. The summed E-state index contributed by atoms with van der Waals surface area (Å²) in [5, 5.41) is 6.21. The number of amides is 1. The third-order valence-electron chi connectivity index (χ3n) is 6.54. The van der Waals surface area contributed by atoms with Crippen LogP contribution in [0, 0.1) is 0 Å². The van der Waals surface area contributed by atoms with Crippen LogP contribution in [0.2, 0.25) is 0 Å². The average molecular weight is 504 g/mol. The molecule has 2 aromatic heterocycles. The monoisotopic (exact) mass is 503 g/mol. The van der Waals surface area contributed by atoms with E-state index in [1.54, 1.807) is 44.0 Å². The first-order chi connectivity index (χ1) is 18.1. The Kier molecular flexibility index (Phi) is 8.60. The molecule has 1 amide bonds. The largest absolute Gasteiger partial charge is 0.443 e. The molecule has 1 aromatic carbocycles. The van der Waals surface area contributed by atoms with Crippen LogP contribution in [0.3, 0.4) is 0 Å². The van der Waals surface area contributed by atoms with Gasteiger partial charge in [-0.05, 0) is 44.0 Å². The summed E-state index contributed by atoms with van der Waals surface area (Å²) < 4.78 is 18.0. The first-order valence-corrected chi connectivity index (χ1v) is 12.3. The van der Waals surface area contributed by atoms with E-state index in [9.17, 15) is 4.79 Å². The summed E-state index contributed by atoms with van der Waals surface area (Å²) in [7, 11) is 3.16. The lowest BCUT2D eigenvalue weighted by Crippen LogP contribution is -2.53. The van der Waals surface area contributed by atoms with Crippen LogP contribution in [0.5, 0.6) is 0 Å². The van der Waals surface area contributed by atoms with Crippen molar-refractivity contribution in [2.75, 3.05) is 27.4 Å². The number of ether oxygens (including phenoxy) is 3. The summed E-state index contributed by atoms with van der Waals surface area (Å²) in [4.78, 5) is 23.2. The number of hydrazone groups is 1. The van der Waals surface area contributed by atoms with Gasteiger partial charge in [-0.1, -0.05) is 36.4 Å². The van der Waals surface area contributed by atoms with Gasteiger partial charge < -0.3 is 19.9 Å². The van der Waals surface area contributed by atoms with Crippen LogP contribution in [0.25, 0.3) is 0 Å². The molecule has 194 valence electrons. The third kappa shape index (κ3) is 5.24. The predicted molar refractivity (Wildman–Crippen MR) is 139 cm³/mol. The number of carbonyl (C=O) groups excluding carboxylic acids is 1. The van der Waals surface area contributed by atoms with Gasteiger partial charge in [0.15, 0.2) is 5.60 Å². The molecule has 1 aliphatic rings. The Labute approximate surface area is 217 Å². The van der Waals surface area contributed by atoms with Gasteiger partial charge in [0.1, 0.15) is 0 Å². The zero-order valence-electron chi connectivity index (χ0n) is 21.2. The van der Waals surface area contributed by atoms with Crippen molar-refractivity contribution in [2.45, 2.75) is 37.0 Å². The number of pyridine rings is 2. The Morgan fingerprint density at radius 2 is 1.78 bits per heavy atom. The fourth-order valence-electron chi connectivity index (χ4n) is 4.65. The molecule has 0 aliphatic carbocycles. The molecule has 0 saturated heterocycles. The van der Waals surface area contributed by atoms with Crippen molar-refractivity contribution in [3.8, 4) is 0 Å². The maximum Gasteiger partial charge on any atom is 0.283 e. The maximum absolute atomic E-state index is 14.7. The molecule has 0 fully saturated rings. The SMILES string of the molecule is COCCC[C@@](OC)(C(=O)N1N=C(c2cccnc2)O[C@@]1(CCCN)c1ccccc1)c1cccnc1. The Bertz CT molecular complexity index is 1180. The van der Waals surface area contributed by atoms with Crippen LogP contribution >= 0.6 is 0 Å². The van der Waals surface area contributed by atoms with Crippen molar-refractivity contribution in [1.82, 2.24) is 15.0 Å². The Morgan fingerprint density at radius 3 is 2.41 bits per heavy atom. The van der Waals surface area contributed by atoms with Gasteiger partial charge in [0.2, 0.25) is 11.6 Å². The van der Waals surface area contributed by atoms with Crippen LogP contribution in [-0.4, -0.2) is 54.2 Å². The zero-order chi connectivity index (χ0) is 26.1. The molecule has 0 spiro atoms. The van der Waals surface area contributed by atoms with E-state index in [4.69, 9.17) is 25.0 Å². The van der Waals surface area contributed by atoms with Crippen LogP contribution in [0.4, 0.5) is 0 Å². The smallest absolute Gasteiger partial charge is 0.283 e. The molecular formula is C28H33N5O4. The zero-order valence-corrected chi connectivity index (χ0v) is 21.2. The van der Waals surface area contributed by atoms with Crippen molar-refractivity contribution < 1.29 is 19.0 Å². The van der Waals surface area contributed by atoms with Crippen LogP contribution in [0.15, 0.2) is 84.5 Å². The second kappa shape index (κ2) is 12.1. The minimum Gasteiger partial charge on any atom is -0.443 e. The highest BCUT2D eigenvalue weighted by Gasteiger charge is 2.55. The number of hydrogen-bond donors (Lipinski definition) is 1. The number of benzene rings is 1. The number of methoxy groups -OCH3 is 2.